The minimum absolute atomic E-state index is 0.0626. The van der Waals surface area contributed by atoms with Gasteiger partial charge in [0.25, 0.3) is 5.91 Å². The van der Waals surface area contributed by atoms with Gasteiger partial charge in [0.1, 0.15) is 23.7 Å². The summed E-state index contributed by atoms with van der Waals surface area (Å²) in [5, 5.41) is 9.60. The number of halogens is 2. The molecule has 45 heavy (non-hydrogen) atoms. The number of carbonyl (C=O) groups is 3. The molecule has 0 spiro atoms. The van der Waals surface area contributed by atoms with E-state index in [-0.39, 0.29) is 24.7 Å². The number of carbonyl (C=O) groups excluding carboxylic acids is 3. The number of benzene rings is 2. The molecule has 3 N–H and O–H groups in total. The maximum Gasteiger partial charge on any atom is 0.270 e. The van der Waals surface area contributed by atoms with Gasteiger partial charge >= 0.3 is 0 Å². The second kappa shape index (κ2) is 13.4. The number of amides is 3. The topological polar surface area (TPSA) is 103 Å². The van der Waals surface area contributed by atoms with E-state index in [0.29, 0.717) is 22.7 Å². The Labute approximate surface area is 261 Å². The monoisotopic (exact) mass is 615 g/mol. The Kier molecular flexibility index (Phi) is 9.21. The van der Waals surface area contributed by atoms with Gasteiger partial charge in [0, 0.05) is 18.4 Å². The lowest BCUT2D eigenvalue weighted by molar-refractivity contribution is -0.138. The molecule has 2 aromatic carbocycles. The van der Waals surface area contributed by atoms with Crippen LogP contribution in [-0.2, 0) is 9.59 Å². The number of hydrogen-bond donors (Lipinski definition) is 3. The number of alkyl halides is 1. The van der Waals surface area contributed by atoms with E-state index < -0.39 is 42.3 Å². The summed E-state index contributed by atoms with van der Waals surface area (Å²) in [6, 6.07) is 12.2. The second-order valence-electron chi connectivity index (χ2n) is 12.5. The van der Waals surface area contributed by atoms with Gasteiger partial charge in [-0.3, -0.25) is 14.4 Å². The number of rotatable bonds is 9. The molecule has 3 heterocycles. The van der Waals surface area contributed by atoms with Crippen molar-refractivity contribution in [3.8, 4) is 0 Å². The number of nitrogens with one attached hydrogen (secondary N) is 3. The van der Waals surface area contributed by atoms with Crippen LogP contribution in [-0.4, -0.2) is 66.0 Å². The first-order valence-corrected chi connectivity index (χ1v) is 15.9. The fourth-order valence-electron chi connectivity index (χ4n) is 6.31. The molecule has 0 bridgehead atoms. The summed E-state index contributed by atoms with van der Waals surface area (Å²) >= 11 is 0. The molecule has 1 aromatic heterocycles. The van der Waals surface area contributed by atoms with Gasteiger partial charge < -0.3 is 20.9 Å². The van der Waals surface area contributed by atoms with Crippen LogP contribution >= 0.6 is 0 Å². The lowest BCUT2D eigenvalue weighted by Crippen LogP contribution is -2.49. The fraction of sp³-hybridized carbons (Fsp3) is 0.429. The first-order chi connectivity index (χ1) is 21.7. The smallest absolute Gasteiger partial charge is 0.270 e. The highest BCUT2D eigenvalue weighted by atomic mass is 19.1. The molecule has 1 saturated carbocycles. The van der Waals surface area contributed by atoms with Crippen molar-refractivity contribution in [1.82, 2.24) is 25.8 Å². The third-order valence-electron chi connectivity index (χ3n) is 9.03. The van der Waals surface area contributed by atoms with Crippen LogP contribution in [0.3, 0.4) is 0 Å². The molecule has 1 aliphatic carbocycles. The largest absolute Gasteiger partial charge is 0.348 e. The summed E-state index contributed by atoms with van der Waals surface area (Å²) in [7, 11) is 0. The average molecular weight is 616 g/mol. The Morgan fingerprint density at radius 1 is 1.11 bits per heavy atom. The van der Waals surface area contributed by atoms with Gasteiger partial charge in [-0.05, 0) is 91.9 Å². The molecule has 6 rings (SSSR count). The van der Waals surface area contributed by atoms with E-state index in [0.717, 1.165) is 37.1 Å². The Hall–Kier alpha value is -4.18. The van der Waals surface area contributed by atoms with Gasteiger partial charge in [-0.1, -0.05) is 36.4 Å². The van der Waals surface area contributed by atoms with E-state index >= 15 is 0 Å². The number of pyridine rings is 1. The van der Waals surface area contributed by atoms with Crippen molar-refractivity contribution in [2.24, 2.45) is 5.92 Å². The molecule has 8 nitrogen and oxygen atoms in total. The number of allylic oxidation sites excluding steroid dienone is 1. The zero-order chi connectivity index (χ0) is 31.5. The second-order valence-corrected chi connectivity index (χ2v) is 12.5. The standard InChI is InChI=1S/C35H39F2N5O3/c1-21(29-16-24(26-3-2-14-38-18-26)9-8-23(29)7-6-22-4-5-22)40-35(45)32-17-28(37)20-42(32)33(43)19-39-34(44)31-12-10-25-15-27(36)11-13-30(25)41-31/h6-13,15-16,21-22,26,28,32,38H,2-5,14,17-20H2,1H3,(H,39,44)(H,40,45)/b7-6+/t21-,26+,28+,32-/m0/s1. The van der Waals surface area contributed by atoms with Crippen molar-refractivity contribution in [3.63, 3.8) is 0 Å². The number of likely N-dealkylation sites (tertiary alicyclic amines) is 1. The molecule has 0 unspecified atom stereocenters. The molecule has 4 atom stereocenters. The summed E-state index contributed by atoms with van der Waals surface area (Å²) in [4.78, 5) is 44.9. The maximum atomic E-state index is 14.6. The van der Waals surface area contributed by atoms with E-state index in [4.69, 9.17) is 0 Å². The van der Waals surface area contributed by atoms with E-state index in [1.165, 1.54) is 47.6 Å². The van der Waals surface area contributed by atoms with Crippen LogP contribution < -0.4 is 16.0 Å². The van der Waals surface area contributed by atoms with Crippen molar-refractivity contribution in [2.45, 2.75) is 63.2 Å². The minimum atomic E-state index is -1.35. The van der Waals surface area contributed by atoms with Gasteiger partial charge in [-0.15, -0.1) is 0 Å². The van der Waals surface area contributed by atoms with Crippen LogP contribution in [0.2, 0.25) is 0 Å². The first-order valence-electron chi connectivity index (χ1n) is 15.9. The summed E-state index contributed by atoms with van der Waals surface area (Å²) in [5.74, 6) is -0.980. The Morgan fingerprint density at radius 3 is 2.73 bits per heavy atom. The molecule has 2 saturated heterocycles. The van der Waals surface area contributed by atoms with Crippen LogP contribution in [0, 0.1) is 11.7 Å². The van der Waals surface area contributed by atoms with E-state index in [1.54, 1.807) is 6.07 Å². The SMILES string of the molecule is C[C@H](NC(=O)[C@@H]1C[C@@H](F)CN1C(=O)CNC(=O)c1ccc2cc(F)ccc2n1)c1cc([C@@H]2CCCNC2)ccc1/C=C/C1CC1. The van der Waals surface area contributed by atoms with Crippen LogP contribution in [0.15, 0.2) is 54.6 Å². The molecular formula is C35H39F2N5O3. The maximum absolute atomic E-state index is 14.6. The Morgan fingerprint density at radius 2 is 1.96 bits per heavy atom. The zero-order valence-corrected chi connectivity index (χ0v) is 25.4. The van der Waals surface area contributed by atoms with E-state index in [2.05, 4.69) is 51.3 Å². The molecule has 2 aliphatic heterocycles. The quantitative estimate of drug-likeness (QED) is 0.321. The van der Waals surface area contributed by atoms with Gasteiger partial charge in [-0.25, -0.2) is 13.8 Å². The summed E-state index contributed by atoms with van der Waals surface area (Å²) in [6.07, 6.45) is 7.51. The van der Waals surface area contributed by atoms with Gasteiger partial charge in [0.15, 0.2) is 0 Å². The molecule has 0 radical (unpaired) electrons. The summed E-state index contributed by atoms with van der Waals surface area (Å²) in [6.45, 7) is 3.23. The lowest BCUT2D eigenvalue weighted by Gasteiger charge is -2.27. The molecule has 3 fully saturated rings. The molecular weight excluding hydrogens is 576 g/mol. The van der Waals surface area contributed by atoms with E-state index in [9.17, 15) is 23.2 Å². The highest BCUT2D eigenvalue weighted by molar-refractivity contribution is 5.97. The zero-order valence-electron chi connectivity index (χ0n) is 25.4. The first kappa shape index (κ1) is 30.8. The highest BCUT2D eigenvalue weighted by Crippen LogP contribution is 2.33. The fourth-order valence-corrected chi connectivity index (χ4v) is 6.31. The van der Waals surface area contributed by atoms with Gasteiger partial charge in [0.05, 0.1) is 24.6 Å². The van der Waals surface area contributed by atoms with Crippen LogP contribution in [0.5, 0.6) is 0 Å². The van der Waals surface area contributed by atoms with Crippen molar-refractivity contribution >= 4 is 34.7 Å². The van der Waals surface area contributed by atoms with Crippen molar-refractivity contribution in [2.75, 3.05) is 26.2 Å². The molecule has 3 aromatic rings. The molecule has 10 heteroatoms. The van der Waals surface area contributed by atoms with Crippen molar-refractivity contribution in [3.05, 3.63) is 82.8 Å². The lowest BCUT2D eigenvalue weighted by atomic mass is 9.88. The molecule has 3 amide bonds. The Bertz CT molecular complexity index is 1620. The number of nitrogens with zero attached hydrogens (tertiary/aromatic N) is 2. The predicted molar refractivity (Wildman–Crippen MR) is 169 cm³/mol. The number of hydrogen-bond acceptors (Lipinski definition) is 5. The minimum Gasteiger partial charge on any atom is -0.348 e. The third kappa shape index (κ3) is 7.39. The van der Waals surface area contributed by atoms with Crippen molar-refractivity contribution < 1.29 is 23.2 Å². The number of fused-ring (bicyclic) bond motifs is 1. The summed E-state index contributed by atoms with van der Waals surface area (Å²) in [5.41, 5.74) is 3.77. The molecule has 3 aliphatic rings. The predicted octanol–water partition coefficient (Wildman–Crippen LogP) is 4.81. The van der Waals surface area contributed by atoms with Crippen LogP contribution in [0.1, 0.15) is 78.2 Å². The number of piperidine rings is 1. The van der Waals surface area contributed by atoms with Crippen LogP contribution in [0.25, 0.3) is 17.0 Å². The van der Waals surface area contributed by atoms with Gasteiger partial charge in [0.2, 0.25) is 11.8 Å². The summed E-state index contributed by atoms with van der Waals surface area (Å²) < 4.78 is 28.1. The van der Waals surface area contributed by atoms with Crippen molar-refractivity contribution in [1.29, 1.82) is 0 Å². The highest BCUT2D eigenvalue weighted by Gasteiger charge is 2.40. The average Bonchev–Trinajstić information content (AvgIpc) is 3.80. The van der Waals surface area contributed by atoms with E-state index in [1.807, 2.05) is 6.92 Å². The Balaban J connectivity index is 1.12. The van der Waals surface area contributed by atoms with Gasteiger partial charge in [-0.2, -0.15) is 0 Å². The van der Waals surface area contributed by atoms with Crippen LogP contribution in [0.4, 0.5) is 8.78 Å². The third-order valence-corrected chi connectivity index (χ3v) is 9.03. The normalized spacial score (nSPS) is 22.5. The number of aromatic nitrogens is 1. The molecule has 236 valence electrons.